The van der Waals surface area contributed by atoms with Gasteiger partial charge in [0.05, 0.1) is 4.92 Å². The molecule has 0 saturated carbocycles. The third kappa shape index (κ3) is 2.12. The molecule has 0 fully saturated rings. The Morgan fingerprint density at radius 3 is 2.59 bits per heavy atom. The van der Waals surface area contributed by atoms with Crippen LogP contribution < -0.4 is 0 Å². The molecule has 0 amide bonds. The normalized spacial score (nSPS) is 11.4. The van der Waals surface area contributed by atoms with Crippen LogP contribution >= 0.6 is 0 Å². The zero-order chi connectivity index (χ0) is 12.3. The van der Waals surface area contributed by atoms with Crippen LogP contribution in [0.1, 0.15) is 5.56 Å². The summed E-state index contributed by atoms with van der Waals surface area (Å²) in [4.78, 5) is 13.8. The molecule has 0 aliphatic heterocycles. The molecule has 1 N–H and O–H groups in total. The molecule has 2 aromatic rings. The Morgan fingerprint density at radius 2 is 2.12 bits per heavy atom. The van der Waals surface area contributed by atoms with Crippen molar-refractivity contribution in [3.05, 3.63) is 58.7 Å². The van der Waals surface area contributed by atoms with E-state index in [1.165, 1.54) is 41.4 Å². The zero-order valence-electron chi connectivity index (χ0n) is 8.59. The van der Waals surface area contributed by atoms with E-state index in [1.807, 2.05) is 0 Å². The highest BCUT2D eigenvalue weighted by molar-refractivity contribution is 6.00. The van der Waals surface area contributed by atoms with Gasteiger partial charge in [-0.05, 0) is 12.1 Å². The van der Waals surface area contributed by atoms with Crippen LogP contribution in [0.5, 0.6) is 0 Å². The Kier molecular flexibility index (Phi) is 2.82. The molecule has 7 heteroatoms. The third-order valence-corrected chi connectivity index (χ3v) is 2.18. The van der Waals surface area contributed by atoms with Crippen molar-refractivity contribution in [1.29, 1.82) is 0 Å². The minimum atomic E-state index is -0.489. The largest absolute Gasteiger partial charge is 0.409 e. The molecule has 1 heterocycles. The molecule has 0 radical (unpaired) electrons. The van der Waals surface area contributed by atoms with Gasteiger partial charge in [-0.1, -0.05) is 5.16 Å². The number of nitro benzene ring substituents is 1. The maximum absolute atomic E-state index is 10.5. The zero-order valence-corrected chi connectivity index (χ0v) is 8.59. The van der Waals surface area contributed by atoms with Gasteiger partial charge in [0, 0.05) is 30.1 Å². The summed E-state index contributed by atoms with van der Waals surface area (Å²) in [5, 5.41) is 22.6. The van der Waals surface area contributed by atoms with Crippen LogP contribution in [-0.2, 0) is 0 Å². The van der Waals surface area contributed by atoms with Gasteiger partial charge in [-0.2, -0.15) is 0 Å². The highest BCUT2D eigenvalue weighted by atomic mass is 16.6. The van der Waals surface area contributed by atoms with Crippen LogP contribution in [0.3, 0.4) is 0 Å². The summed E-state index contributed by atoms with van der Waals surface area (Å²) in [5.74, 6) is 0.248. The number of imidazole rings is 1. The van der Waals surface area contributed by atoms with Gasteiger partial charge in [0.2, 0.25) is 0 Å². The quantitative estimate of drug-likeness (QED) is 0.279. The van der Waals surface area contributed by atoms with Gasteiger partial charge in [-0.25, -0.2) is 4.98 Å². The molecule has 0 saturated heterocycles. The summed E-state index contributed by atoms with van der Waals surface area (Å²) in [5.41, 5.74) is 0.535. The lowest BCUT2D eigenvalue weighted by Gasteiger charge is -2.04. The second-order valence-electron chi connectivity index (χ2n) is 3.20. The summed E-state index contributed by atoms with van der Waals surface area (Å²) < 4.78 is 1.50. The van der Waals surface area contributed by atoms with E-state index in [9.17, 15) is 10.1 Å². The number of non-ortho nitro benzene ring substituents is 1. The lowest BCUT2D eigenvalue weighted by atomic mass is 10.2. The average molecular weight is 232 g/mol. The van der Waals surface area contributed by atoms with E-state index < -0.39 is 4.92 Å². The molecule has 86 valence electrons. The van der Waals surface area contributed by atoms with Crippen molar-refractivity contribution in [2.24, 2.45) is 5.16 Å². The summed E-state index contributed by atoms with van der Waals surface area (Å²) in [6.07, 6.45) is 4.61. The summed E-state index contributed by atoms with van der Waals surface area (Å²) in [6.45, 7) is 0. The number of nitrogens with zero attached hydrogens (tertiary/aromatic N) is 4. The Balaban J connectivity index is 2.37. The van der Waals surface area contributed by atoms with Crippen LogP contribution in [0.2, 0.25) is 0 Å². The Bertz CT molecular complexity index is 545. The van der Waals surface area contributed by atoms with Crippen LogP contribution in [0.15, 0.2) is 48.1 Å². The number of aromatic nitrogens is 2. The van der Waals surface area contributed by atoms with Crippen molar-refractivity contribution >= 4 is 11.5 Å². The molecule has 0 aliphatic carbocycles. The minimum Gasteiger partial charge on any atom is -0.409 e. The maximum Gasteiger partial charge on any atom is 0.269 e. The highest BCUT2D eigenvalue weighted by Gasteiger charge is 2.09. The number of benzene rings is 1. The molecule has 17 heavy (non-hydrogen) atoms. The molecular formula is C10H8N4O3. The molecule has 1 aromatic carbocycles. The van der Waals surface area contributed by atoms with E-state index in [4.69, 9.17) is 5.21 Å². The lowest BCUT2D eigenvalue weighted by molar-refractivity contribution is -0.384. The van der Waals surface area contributed by atoms with Crippen molar-refractivity contribution in [2.45, 2.75) is 0 Å². The molecule has 0 unspecified atom stereocenters. The number of hydrogen-bond acceptors (Lipinski definition) is 5. The van der Waals surface area contributed by atoms with Crippen molar-refractivity contribution < 1.29 is 10.1 Å². The molecule has 0 atom stereocenters. The smallest absolute Gasteiger partial charge is 0.269 e. The predicted octanol–water partition coefficient (Wildman–Crippen LogP) is 1.48. The first-order valence-corrected chi connectivity index (χ1v) is 4.67. The van der Waals surface area contributed by atoms with Crippen molar-refractivity contribution in [3.63, 3.8) is 0 Å². The Labute approximate surface area is 95.8 Å². The monoisotopic (exact) mass is 232 g/mol. The first-order valence-electron chi connectivity index (χ1n) is 4.67. The number of oxime groups is 1. The average Bonchev–Trinajstić information content (AvgIpc) is 2.84. The fourth-order valence-electron chi connectivity index (χ4n) is 1.38. The standard InChI is InChI=1S/C10H8N4O3/c15-12-10(13-6-5-11-7-13)8-1-3-9(4-2-8)14(16)17/h1-7,15H/b12-10+. The van der Waals surface area contributed by atoms with E-state index >= 15 is 0 Å². The Morgan fingerprint density at radius 1 is 1.41 bits per heavy atom. The van der Waals surface area contributed by atoms with Gasteiger partial charge in [0.15, 0.2) is 5.84 Å². The molecule has 0 aliphatic rings. The van der Waals surface area contributed by atoms with Gasteiger partial charge >= 0.3 is 0 Å². The van der Waals surface area contributed by atoms with Gasteiger partial charge in [-0.3, -0.25) is 14.7 Å². The summed E-state index contributed by atoms with van der Waals surface area (Å²) >= 11 is 0. The molecular weight excluding hydrogens is 224 g/mol. The highest BCUT2D eigenvalue weighted by Crippen LogP contribution is 2.13. The van der Waals surface area contributed by atoms with Crippen molar-refractivity contribution in [3.8, 4) is 0 Å². The summed E-state index contributed by atoms with van der Waals surface area (Å²) in [7, 11) is 0. The van der Waals surface area contributed by atoms with Crippen LogP contribution in [0.4, 0.5) is 5.69 Å². The van der Waals surface area contributed by atoms with E-state index in [1.54, 1.807) is 6.20 Å². The van der Waals surface area contributed by atoms with E-state index in [-0.39, 0.29) is 11.5 Å². The molecule has 2 rings (SSSR count). The molecule has 1 aromatic heterocycles. The topological polar surface area (TPSA) is 93.5 Å². The molecule has 7 nitrogen and oxygen atoms in total. The van der Waals surface area contributed by atoms with Gasteiger partial charge < -0.3 is 5.21 Å². The third-order valence-electron chi connectivity index (χ3n) is 2.18. The fourth-order valence-corrected chi connectivity index (χ4v) is 1.38. The van der Waals surface area contributed by atoms with Crippen LogP contribution in [-0.4, -0.2) is 25.5 Å². The summed E-state index contributed by atoms with van der Waals surface area (Å²) in [6, 6.07) is 5.70. The maximum atomic E-state index is 10.5. The van der Waals surface area contributed by atoms with Crippen molar-refractivity contribution in [2.75, 3.05) is 0 Å². The number of nitro groups is 1. The first kappa shape index (κ1) is 10.8. The SMILES string of the molecule is O=[N+]([O-])c1ccc(/C(=N\O)n2ccnc2)cc1. The van der Waals surface area contributed by atoms with Gasteiger partial charge in [-0.15, -0.1) is 0 Å². The van der Waals surface area contributed by atoms with Gasteiger partial charge in [0.1, 0.15) is 6.33 Å². The molecule has 0 spiro atoms. The first-order chi connectivity index (χ1) is 8.22. The van der Waals surface area contributed by atoms with E-state index in [0.717, 1.165) is 0 Å². The minimum absolute atomic E-state index is 0.0170. The molecule has 0 bridgehead atoms. The second kappa shape index (κ2) is 4.44. The number of hydrogen-bond donors (Lipinski definition) is 1. The number of rotatable bonds is 2. The lowest BCUT2D eigenvalue weighted by Crippen LogP contribution is -2.11. The van der Waals surface area contributed by atoms with E-state index in [0.29, 0.717) is 5.56 Å². The van der Waals surface area contributed by atoms with E-state index in [2.05, 4.69) is 10.1 Å². The van der Waals surface area contributed by atoms with Crippen LogP contribution in [0, 0.1) is 10.1 Å². The second-order valence-corrected chi connectivity index (χ2v) is 3.20. The predicted molar refractivity (Wildman–Crippen MR) is 59.0 cm³/mol. The van der Waals surface area contributed by atoms with Crippen LogP contribution in [0.25, 0.3) is 0 Å². The van der Waals surface area contributed by atoms with Gasteiger partial charge in [0.25, 0.3) is 5.69 Å². The Hall–Kier alpha value is -2.70. The fraction of sp³-hybridized carbons (Fsp3) is 0. The van der Waals surface area contributed by atoms with Crippen molar-refractivity contribution in [1.82, 2.24) is 9.55 Å².